The molecule has 0 fully saturated rings. The van der Waals surface area contributed by atoms with Gasteiger partial charge in [-0.1, -0.05) is 0 Å². The Morgan fingerprint density at radius 1 is 1.00 bits per heavy atom. The Morgan fingerprint density at radius 3 is 2.42 bits per heavy atom. The van der Waals surface area contributed by atoms with Crippen LogP contribution in [0.2, 0.25) is 0 Å². The molecule has 96 valence electrons. The number of aryl methyl sites for hydroxylation is 3. The molecule has 0 amide bonds. The first kappa shape index (κ1) is 12.1. The fourth-order valence-electron chi connectivity index (χ4n) is 2.24. The van der Waals surface area contributed by atoms with Gasteiger partial charge in [-0.2, -0.15) is 0 Å². The van der Waals surface area contributed by atoms with Crippen LogP contribution in [0, 0.1) is 20.8 Å². The van der Waals surface area contributed by atoms with E-state index in [1.165, 1.54) is 22.5 Å². The highest BCUT2D eigenvalue weighted by Gasteiger charge is 2.10. The molecule has 4 heteroatoms. The Balaban J connectivity index is 2.37. The van der Waals surface area contributed by atoms with Crippen LogP contribution in [-0.4, -0.2) is 9.97 Å². The van der Waals surface area contributed by atoms with E-state index in [9.17, 15) is 0 Å². The number of anilines is 1. The summed E-state index contributed by atoms with van der Waals surface area (Å²) in [6, 6.07) is 6.39. The fraction of sp³-hybridized carbons (Fsp3) is 0.200. The SMILES string of the molecule is Cc1cc(-c2csc(N)n2)c2cc(C)c(C)cc2n1. The van der Waals surface area contributed by atoms with Crippen molar-refractivity contribution >= 4 is 27.4 Å². The topological polar surface area (TPSA) is 51.8 Å². The molecule has 2 N–H and O–H groups in total. The molecule has 2 aromatic heterocycles. The second-order valence-electron chi connectivity index (χ2n) is 4.84. The lowest BCUT2D eigenvalue weighted by molar-refractivity contribution is 1.24. The van der Waals surface area contributed by atoms with Crippen LogP contribution in [0.3, 0.4) is 0 Å². The van der Waals surface area contributed by atoms with Gasteiger partial charge in [-0.05, 0) is 50.1 Å². The Labute approximate surface area is 116 Å². The minimum Gasteiger partial charge on any atom is -0.375 e. The Hall–Kier alpha value is -1.94. The number of rotatable bonds is 1. The predicted octanol–water partition coefficient (Wildman–Crippen LogP) is 3.87. The largest absolute Gasteiger partial charge is 0.375 e. The summed E-state index contributed by atoms with van der Waals surface area (Å²) in [6.45, 7) is 6.24. The summed E-state index contributed by atoms with van der Waals surface area (Å²) in [4.78, 5) is 9.01. The number of fused-ring (bicyclic) bond motifs is 1. The Kier molecular flexibility index (Phi) is 2.75. The quantitative estimate of drug-likeness (QED) is 0.729. The molecule has 0 aliphatic heterocycles. The van der Waals surface area contributed by atoms with Crippen LogP contribution in [0.4, 0.5) is 5.13 Å². The normalized spacial score (nSPS) is 11.1. The molecule has 0 aliphatic rings. The van der Waals surface area contributed by atoms with Crippen molar-refractivity contribution in [3.63, 3.8) is 0 Å². The molecule has 0 aliphatic carbocycles. The van der Waals surface area contributed by atoms with E-state index in [1.807, 2.05) is 12.3 Å². The van der Waals surface area contributed by atoms with Crippen LogP contribution in [0.25, 0.3) is 22.2 Å². The van der Waals surface area contributed by atoms with Crippen molar-refractivity contribution in [2.75, 3.05) is 5.73 Å². The number of nitrogens with two attached hydrogens (primary N) is 1. The lowest BCUT2D eigenvalue weighted by Gasteiger charge is -2.09. The minimum atomic E-state index is 0.599. The maximum Gasteiger partial charge on any atom is 0.180 e. The highest BCUT2D eigenvalue weighted by molar-refractivity contribution is 7.13. The molecule has 0 saturated heterocycles. The van der Waals surface area contributed by atoms with E-state index < -0.39 is 0 Å². The molecule has 0 saturated carbocycles. The second kappa shape index (κ2) is 4.31. The van der Waals surface area contributed by atoms with Gasteiger partial charge in [0.25, 0.3) is 0 Å². The van der Waals surface area contributed by atoms with Crippen molar-refractivity contribution in [3.05, 3.63) is 40.4 Å². The first-order valence-corrected chi connectivity index (χ1v) is 7.02. The van der Waals surface area contributed by atoms with Gasteiger partial charge < -0.3 is 5.73 Å². The average Bonchev–Trinajstić information content (AvgIpc) is 2.77. The van der Waals surface area contributed by atoms with Crippen molar-refractivity contribution in [2.24, 2.45) is 0 Å². The molecule has 3 aromatic rings. The third kappa shape index (κ3) is 2.08. The first-order valence-electron chi connectivity index (χ1n) is 6.14. The summed E-state index contributed by atoms with van der Waals surface area (Å²) in [5.74, 6) is 0. The lowest BCUT2D eigenvalue weighted by atomic mass is 10.0. The maximum absolute atomic E-state index is 5.74. The van der Waals surface area contributed by atoms with Gasteiger partial charge in [0.15, 0.2) is 5.13 Å². The molecule has 1 aromatic carbocycles. The highest BCUT2D eigenvalue weighted by atomic mass is 32.1. The van der Waals surface area contributed by atoms with E-state index in [4.69, 9.17) is 5.73 Å². The third-order valence-corrected chi connectivity index (χ3v) is 4.02. The van der Waals surface area contributed by atoms with E-state index in [2.05, 4.69) is 42.0 Å². The summed E-state index contributed by atoms with van der Waals surface area (Å²) >= 11 is 1.47. The zero-order valence-corrected chi connectivity index (χ0v) is 12.0. The Morgan fingerprint density at radius 2 is 1.74 bits per heavy atom. The van der Waals surface area contributed by atoms with Crippen molar-refractivity contribution in [1.82, 2.24) is 9.97 Å². The van der Waals surface area contributed by atoms with Gasteiger partial charge in [0.2, 0.25) is 0 Å². The number of pyridine rings is 1. The second-order valence-corrected chi connectivity index (χ2v) is 5.73. The molecule has 0 bridgehead atoms. The Bertz CT molecular complexity index is 774. The minimum absolute atomic E-state index is 0.599. The van der Waals surface area contributed by atoms with Crippen molar-refractivity contribution in [2.45, 2.75) is 20.8 Å². The summed E-state index contributed by atoms with van der Waals surface area (Å²) in [6.07, 6.45) is 0. The van der Waals surface area contributed by atoms with Gasteiger partial charge in [-0.3, -0.25) is 4.98 Å². The maximum atomic E-state index is 5.74. The summed E-state index contributed by atoms with van der Waals surface area (Å²) < 4.78 is 0. The molecule has 0 radical (unpaired) electrons. The number of nitrogens with zero attached hydrogens (tertiary/aromatic N) is 2. The molecule has 0 unspecified atom stereocenters. The van der Waals surface area contributed by atoms with Gasteiger partial charge in [0, 0.05) is 22.0 Å². The van der Waals surface area contributed by atoms with Gasteiger partial charge in [0.1, 0.15) is 0 Å². The molecular formula is C15H15N3S. The fourth-order valence-corrected chi connectivity index (χ4v) is 2.80. The van der Waals surface area contributed by atoms with Crippen LogP contribution in [0.15, 0.2) is 23.6 Å². The standard InChI is InChI=1S/C15H15N3S/c1-8-4-11-12(14-7-19-15(16)18-14)6-10(3)17-13(11)5-9(8)2/h4-7H,1-3H3,(H2,16,18). The first-order chi connectivity index (χ1) is 9.04. The zero-order valence-electron chi connectivity index (χ0n) is 11.2. The zero-order chi connectivity index (χ0) is 13.6. The van der Waals surface area contributed by atoms with Crippen molar-refractivity contribution in [3.8, 4) is 11.3 Å². The van der Waals surface area contributed by atoms with Crippen LogP contribution in [0.5, 0.6) is 0 Å². The van der Waals surface area contributed by atoms with Gasteiger partial charge in [-0.25, -0.2) is 4.98 Å². The number of thiazole rings is 1. The van der Waals surface area contributed by atoms with E-state index >= 15 is 0 Å². The van der Waals surface area contributed by atoms with Crippen LogP contribution in [-0.2, 0) is 0 Å². The van der Waals surface area contributed by atoms with E-state index in [1.54, 1.807) is 0 Å². The molecular weight excluding hydrogens is 254 g/mol. The molecule has 3 rings (SSSR count). The van der Waals surface area contributed by atoms with Gasteiger partial charge in [0.05, 0.1) is 11.2 Å². The summed E-state index contributed by atoms with van der Waals surface area (Å²) in [5, 5.41) is 3.74. The highest BCUT2D eigenvalue weighted by Crippen LogP contribution is 2.31. The third-order valence-electron chi connectivity index (χ3n) is 3.35. The van der Waals surface area contributed by atoms with E-state index in [-0.39, 0.29) is 0 Å². The van der Waals surface area contributed by atoms with Crippen LogP contribution < -0.4 is 5.73 Å². The lowest BCUT2D eigenvalue weighted by Crippen LogP contribution is -1.92. The van der Waals surface area contributed by atoms with Crippen molar-refractivity contribution < 1.29 is 0 Å². The van der Waals surface area contributed by atoms with E-state index in [0.29, 0.717) is 5.13 Å². The summed E-state index contributed by atoms with van der Waals surface area (Å²) in [5.41, 5.74) is 12.3. The van der Waals surface area contributed by atoms with Crippen LogP contribution >= 0.6 is 11.3 Å². The average molecular weight is 269 g/mol. The smallest absolute Gasteiger partial charge is 0.180 e. The number of benzene rings is 1. The number of aromatic nitrogens is 2. The number of hydrogen-bond donors (Lipinski definition) is 1. The van der Waals surface area contributed by atoms with Gasteiger partial charge >= 0.3 is 0 Å². The number of nitrogen functional groups attached to an aromatic ring is 1. The van der Waals surface area contributed by atoms with Crippen molar-refractivity contribution in [1.29, 1.82) is 0 Å². The number of hydrogen-bond acceptors (Lipinski definition) is 4. The van der Waals surface area contributed by atoms with E-state index in [0.717, 1.165) is 27.9 Å². The molecule has 3 nitrogen and oxygen atoms in total. The predicted molar refractivity (Wildman–Crippen MR) is 81.5 cm³/mol. The molecule has 19 heavy (non-hydrogen) atoms. The summed E-state index contributed by atoms with van der Waals surface area (Å²) in [7, 11) is 0. The molecule has 0 atom stereocenters. The monoisotopic (exact) mass is 269 g/mol. The van der Waals surface area contributed by atoms with Gasteiger partial charge in [-0.15, -0.1) is 11.3 Å². The molecule has 2 heterocycles. The van der Waals surface area contributed by atoms with Crippen LogP contribution in [0.1, 0.15) is 16.8 Å². The molecule has 0 spiro atoms.